The highest BCUT2D eigenvalue weighted by Crippen LogP contribution is 2.12. The molecule has 0 fully saturated rings. The van der Waals surface area contributed by atoms with Crippen molar-refractivity contribution >= 4 is 15.9 Å². The van der Waals surface area contributed by atoms with Crippen molar-refractivity contribution in [3.05, 3.63) is 65.5 Å². The van der Waals surface area contributed by atoms with Crippen LogP contribution in [0, 0.1) is 5.82 Å². The maximum Gasteiger partial charge on any atom is 0.251 e. The predicted molar refractivity (Wildman–Crippen MR) is 94.4 cm³/mol. The first kappa shape index (κ1) is 19.1. The molecule has 134 valence electrons. The number of rotatable bonds is 8. The molecule has 0 aliphatic carbocycles. The Morgan fingerprint density at radius 1 is 1.08 bits per heavy atom. The Hall–Kier alpha value is -2.25. The average Bonchev–Trinajstić information content (AvgIpc) is 2.61. The van der Waals surface area contributed by atoms with E-state index in [2.05, 4.69) is 10.0 Å². The molecule has 2 aromatic carbocycles. The van der Waals surface area contributed by atoms with E-state index in [9.17, 15) is 17.6 Å². The minimum Gasteiger partial charge on any atom is -0.352 e. The number of nitrogens with one attached hydrogen (secondary N) is 2. The predicted octanol–water partition coefficient (Wildman–Crippen LogP) is 2.49. The SMILES string of the molecule is CCCNC(=O)c1cccc(S(=O)(=O)NCCc2ccccc2F)c1. The fourth-order valence-electron chi connectivity index (χ4n) is 2.25. The average molecular weight is 364 g/mol. The van der Waals surface area contributed by atoms with E-state index >= 15 is 0 Å². The third kappa shape index (κ3) is 5.37. The van der Waals surface area contributed by atoms with Gasteiger partial charge in [0.25, 0.3) is 5.91 Å². The summed E-state index contributed by atoms with van der Waals surface area (Å²) in [5.41, 5.74) is 0.725. The van der Waals surface area contributed by atoms with Gasteiger partial charge >= 0.3 is 0 Å². The summed E-state index contributed by atoms with van der Waals surface area (Å²) in [7, 11) is -3.77. The number of hydrogen-bond acceptors (Lipinski definition) is 3. The topological polar surface area (TPSA) is 75.3 Å². The van der Waals surface area contributed by atoms with Crippen LogP contribution >= 0.6 is 0 Å². The smallest absolute Gasteiger partial charge is 0.251 e. The van der Waals surface area contributed by atoms with Crippen LogP contribution in [0.2, 0.25) is 0 Å². The number of benzene rings is 2. The van der Waals surface area contributed by atoms with E-state index in [1.165, 1.54) is 24.3 Å². The largest absolute Gasteiger partial charge is 0.352 e. The van der Waals surface area contributed by atoms with Gasteiger partial charge in [0, 0.05) is 18.7 Å². The van der Waals surface area contributed by atoms with Crippen molar-refractivity contribution in [3.8, 4) is 0 Å². The van der Waals surface area contributed by atoms with Gasteiger partial charge in [-0.1, -0.05) is 31.2 Å². The summed E-state index contributed by atoms with van der Waals surface area (Å²) in [6.45, 7) is 2.52. The third-order valence-corrected chi connectivity index (χ3v) is 5.05. The van der Waals surface area contributed by atoms with E-state index in [0.29, 0.717) is 12.1 Å². The minimum absolute atomic E-state index is 0.00480. The Labute approximate surface area is 147 Å². The van der Waals surface area contributed by atoms with Gasteiger partial charge in [-0.2, -0.15) is 0 Å². The highest BCUT2D eigenvalue weighted by Gasteiger charge is 2.16. The minimum atomic E-state index is -3.77. The molecule has 0 aliphatic rings. The third-order valence-electron chi connectivity index (χ3n) is 3.59. The summed E-state index contributed by atoms with van der Waals surface area (Å²) in [6, 6.07) is 12.1. The van der Waals surface area contributed by atoms with Crippen molar-refractivity contribution in [3.63, 3.8) is 0 Å². The van der Waals surface area contributed by atoms with Gasteiger partial charge in [0.15, 0.2) is 0 Å². The van der Waals surface area contributed by atoms with Crippen LogP contribution in [0.4, 0.5) is 4.39 Å². The quantitative estimate of drug-likeness (QED) is 0.756. The fourth-order valence-corrected chi connectivity index (χ4v) is 3.33. The Morgan fingerprint density at radius 3 is 2.56 bits per heavy atom. The van der Waals surface area contributed by atoms with Crippen molar-refractivity contribution < 1.29 is 17.6 Å². The molecule has 2 aromatic rings. The van der Waals surface area contributed by atoms with Gasteiger partial charge in [-0.25, -0.2) is 17.5 Å². The molecule has 2 N–H and O–H groups in total. The Kier molecular flexibility index (Phi) is 6.66. The lowest BCUT2D eigenvalue weighted by molar-refractivity contribution is 0.0953. The molecule has 25 heavy (non-hydrogen) atoms. The van der Waals surface area contributed by atoms with Crippen molar-refractivity contribution in [1.29, 1.82) is 0 Å². The van der Waals surface area contributed by atoms with E-state index in [0.717, 1.165) is 6.42 Å². The molecule has 0 atom stereocenters. The maximum atomic E-state index is 13.6. The van der Waals surface area contributed by atoms with Crippen LogP contribution in [0.3, 0.4) is 0 Å². The number of amides is 1. The normalized spacial score (nSPS) is 11.3. The van der Waals surface area contributed by atoms with Crippen molar-refractivity contribution in [1.82, 2.24) is 10.0 Å². The van der Waals surface area contributed by atoms with Gasteiger partial charge in [0.1, 0.15) is 5.82 Å². The second-order valence-electron chi connectivity index (χ2n) is 5.52. The summed E-state index contributed by atoms with van der Waals surface area (Å²) < 4.78 is 40.7. The zero-order chi connectivity index (χ0) is 18.3. The highest BCUT2D eigenvalue weighted by atomic mass is 32.2. The van der Waals surface area contributed by atoms with Gasteiger partial charge in [0.2, 0.25) is 10.0 Å². The summed E-state index contributed by atoms with van der Waals surface area (Å²) >= 11 is 0. The molecular formula is C18H21FN2O3S. The number of hydrogen-bond donors (Lipinski definition) is 2. The van der Waals surface area contributed by atoms with Gasteiger partial charge in [-0.3, -0.25) is 4.79 Å². The van der Waals surface area contributed by atoms with Gasteiger partial charge in [-0.05, 0) is 42.7 Å². The van der Waals surface area contributed by atoms with E-state index in [-0.39, 0.29) is 35.1 Å². The van der Waals surface area contributed by atoms with Crippen molar-refractivity contribution in [2.45, 2.75) is 24.7 Å². The van der Waals surface area contributed by atoms with Crippen molar-refractivity contribution in [2.24, 2.45) is 0 Å². The Bertz CT molecular complexity index is 838. The molecular weight excluding hydrogens is 343 g/mol. The summed E-state index contributed by atoms with van der Waals surface area (Å²) in [6.07, 6.45) is 1.03. The summed E-state index contributed by atoms with van der Waals surface area (Å²) in [5.74, 6) is -0.679. The zero-order valence-corrected chi connectivity index (χ0v) is 14.8. The van der Waals surface area contributed by atoms with E-state index in [1.54, 1.807) is 24.3 Å². The molecule has 0 bridgehead atoms. The molecule has 0 unspecified atom stereocenters. The zero-order valence-electron chi connectivity index (χ0n) is 14.0. The van der Waals surface area contributed by atoms with Crippen LogP contribution in [0.1, 0.15) is 29.3 Å². The lowest BCUT2D eigenvalue weighted by atomic mass is 10.1. The summed E-state index contributed by atoms with van der Waals surface area (Å²) in [5, 5.41) is 2.70. The molecule has 0 saturated carbocycles. The number of carbonyl (C=O) groups excluding carboxylic acids is 1. The van der Waals surface area contributed by atoms with E-state index < -0.39 is 10.0 Å². The fraction of sp³-hybridized carbons (Fsp3) is 0.278. The number of carbonyl (C=O) groups is 1. The second kappa shape index (κ2) is 8.73. The number of sulfonamides is 1. The Balaban J connectivity index is 2.04. The molecule has 2 rings (SSSR count). The first-order chi connectivity index (χ1) is 11.9. The molecule has 0 radical (unpaired) electrons. The molecule has 0 aliphatic heterocycles. The Morgan fingerprint density at radius 2 is 1.84 bits per heavy atom. The van der Waals surface area contributed by atoms with Crippen molar-refractivity contribution in [2.75, 3.05) is 13.1 Å². The van der Waals surface area contributed by atoms with Crippen LogP contribution < -0.4 is 10.0 Å². The van der Waals surface area contributed by atoms with Crippen LogP contribution in [0.25, 0.3) is 0 Å². The van der Waals surface area contributed by atoms with Gasteiger partial charge in [0.05, 0.1) is 4.90 Å². The molecule has 5 nitrogen and oxygen atoms in total. The lowest BCUT2D eigenvalue weighted by Crippen LogP contribution is -2.27. The molecule has 0 saturated heterocycles. The molecule has 0 aromatic heterocycles. The molecule has 7 heteroatoms. The van der Waals surface area contributed by atoms with E-state index in [4.69, 9.17) is 0 Å². The van der Waals surface area contributed by atoms with Crippen LogP contribution in [0.5, 0.6) is 0 Å². The maximum absolute atomic E-state index is 13.6. The van der Waals surface area contributed by atoms with Gasteiger partial charge < -0.3 is 5.32 Å². The van der Waals surface area contributed by atoms with Crippen LogP contribution in [0.15, 0.2) is 53.4 Å². The highest BCUT2D eigenvalue weighted by molar-refractivity contribution is 7.89. The molecule has 0 heterocycles. The van der Waals surface area contributed by atoms with Gasteiger partial charge in [-0.15, -0.1) is 0 Å². The summed E-state index contributed by atoms with van der Waals surface area (Å²) in [4.78, 5) is 12.0. The number of halogens is 1. The standard InChI is InChI=1S/C18H21FN2O3S/c1-2-11-20-18(22)15-7-5-8-16(13-15)25(23,24)21-12-10-14-6-3-4-9-17(14)19/h3-9,13,21H,2,10-12H2,1H3,(H,20,22). The second-order valence-corrected chi connectivity index (χ2v) is 7.29. The van der Waals surface area contributed by atoms with E-state index in [1.807, 2.05) is 6.92 Å². The first-order valence-electron chi connectivity index (χ1n) is 8.05. The monoisotopic (exact) mass is 364 g/mol. The molecule has 1 amide bonds. The first-order valence-corrected chi connectivity index (χ1v) is 9.53. The molecule has 0 spiro atoms. The van der Waals surface area contributed by atoms with Crippen LogP contribution in [-0.2, 0) is 16.4 Å². The van der Waals surface area contributed by atoms with Crippen LogP contribution in [-0.4, -0.2) is 27.4 Å². The lowest BCUT2D eigenvalue weighted by Gasteiger charge is -2.09.